The van der Waals surface area contributed by atoms with E-state index in [9.17, 15) is 0 Å². The quantitative estimate of drug-likeness (QED) is 0.770. The van der Waals surface area contributed by atoms with Gasteiger partial charge < -0.3 is 0 Å². The number of rotatable bonds is 2. The summed E-state index contributed by atoms with van der Waals surface area (Å²) in [7, 11) is 1.91. The van der Waals surface area contributed by atoms with E-state index >= 15 is 0 Å². The van der Waals surface area contributed by atoms with Crippen molar-refractivity contribution in [3.05, 3.63) is 11.9 Å². The molecule has 0 N–H and O–H groups in total. The van der Waals surface area contributed by atoms with E-state index < -0.39 is 0 Å². The number of aromatic nitrogens is 3. The summed E-state index contributed by atoms with van der Waals surface area (Å²) < 4.78 is 1.76. The van der Waals surface area contributed by atoms with Gasteiger partial charge in [-0.25, -0.2) is 0 Å². The van der Waals surface area contributed by atoms with E-state index in [-0.39, 0.29) is 5.41 Å². The first kappa shape index (κ1) is 15.1. The first-order valence-corrected chi connectivity index (χ1v) is 6.07. The van der Waals surface area contributed by atoms with Crippen molar-refractivity contribution in [1.82, 2.24) is 15.0 Å². The molecule has 0 aromatic carbocycles. The summed E-state index contributed by atoms with van der Waals surface area (Å²) >= 11 is 0. The molecule has 0 saturated heterocycles. The molecule has 0 saturated carbocycles. The standard InChI is InChI=1S/C11H21N3.C2H6/c1-10(2,3)8-11(4,5)9-7-14(6)13-12-9;1-2/h7H,8H2,1-6H3;1-2H3. The van der Waals surface area contributed by atoms with Crippen LogP contribution in [0.25, 0.3) is 0 Å². The van der Waals surface area contributed by atoms with E-state index in [4.69, 9.17) is 0 Å². The Morgan fingerprint density at radius 2 is 1.62 bits per heavy atom. The van der Waals surface area contributed by atoms with Crippen LogP contribution in [0.2, 0.25) is 0 Å². The van der Waals surface area contributed by atoms with E-state index in [1.165, 1.54) is 0 Å². The minimum atomic E-state index is 0.104. The molecular weight excluding hydrogens is 198 g/mol. The Morgan fingerprint density at radius 1 is 1.12 bits per heavy atom. The SMILES string of the molecule is CC.Cn1cc(C(C)(C)CC(C)(C)C)nn1. The van der Waals surface area contributed by atoms with Crippen molar-refractivity contribution in [2.24, 2.45) is 12.5 Å². The van der Waals surface area contributed by atoms with Crippen LogP contribution in [-0.2, 0) is 12.5 Å². The summed E-state index contributed by atoms with van der Waals surface area (Å²) in [5.41, 5.74) is 1.50. The van der Waals surface area contributed by atoms with Gasteiger partial charge in [-0.3, -0.25) is 4.68 Å². The molecule has 0 radical (unpaired) electrons. The Hall–Kier alpha value is -0.860. The third-order valence-corrected chi connectivity index (χ3v) is 2.27. The van der Waals surface area contributed by atoms with Gasteiger partial charge in [0.2, 0.25) is 0 Å². The predicted molar refractivity (Wildman–Crippen MR) is 69.4 cm³/mol. The van der Waals surface area contributed by atoms with Gasteiger partial charge in [0.05, 0.1) is 5.69 Å². The lowest BCUT2D eigenvalue weighted by atomic mass is 9.75. The van der Waals surface area contributed by atoms with Crippen LogP contribution < -0.4 is 0 Å². The summed E-state index contributed by atoms with van der Waals surface area (Å²) in [4.78, 5) is 0. The lowest BCUT2D eigenvalue weighted by Crippen LogP contribution is -2.25. The zero-order valence-corrected chi connectivity index (χ0v) is 12.1. The second kappa shape index (κ2) is 5.46. The maximum Gasteiger partial charge on any atom is 0.0883 e. The Labute approximate surface area is 100 Å². The third kappa shape index (κ3) is 4.77. The monoisotopic (exact) mass is 225 g/mol. The maximum atomic E-state index is 4.18. The van der Waals surface area contributed by atoms with Gasteiger partial charge >= 0.3 is 0 Å². The lowest BCUT2D eigenvalue weighted by Gasteiger charge is -2.30. The Bertz CT molecular complexity index is 305. The lowest BCUT2D eigenvalue weighted by molar-refractivity contribution is 0.279. The fourth-order valence-corrected chi connectivity index (χ4v) is 2.07. The Balaban J connectivity index is 0.00000106. The predicted octanol–water partition coefficient (Wildman–Crippen LogP) is 3.56. The van der Waals surface area contributed by atoms with Gasteiger partial charge in [-0.15, -0.1) is 5.10 Å². The van der Waals surface area contributed by atoms with Gasteiger partial charge in [0.1, 0.15) is 0 Å². The van der Waals surface area contributed by atoms with Crippen molar-refractivity contribution in [1.29, 1.82) is 0 Å². The zero-order chi connectivity index (χ0) is 13.0. The van der Waals surface area contributed by atoms with Crippen molar-refractivity contribution in [3.8, 4) is 0 Å². The van der Waals surface area contributed by atoms with Crippen molar-refractivity contribution in [2.45, 2.75) is 60.3 Å². The first-order valence-electron chi connectivity index (χ1n) is 6.07. The minimum Gasteiger partial charge on any atom is -0.255 e. The fourth-order valence-electron chi connectivity index (χ4n) is 2.07. The number of hydrogen-bond donors (Lipinski definition) is 0. The van der Waals surface area contributed by atoms with Crippen LogP contribution in [-0.4, -0.2) is 15.0 Å². The van der Waals surface area contributed by atoms with Crippen LogP contribution in [0.15, 0.2) is 6.20 Å². The normalized spacial score (nSPS) is 12.0. The summed E-state index contributed by atoms with van der Waals surface area (Å²) in [5.74, 6) is 0. The van der Waals surface area contributed by atoms with Gasteiger partial charge in [-0.1, -0.05) is 53.7 Å². The molecular formula is C13H27N3. The highest BCUT2D eigenvalue weighted by Gasteiger charge is 2.29. The maximum absolute atomic E-state index is 4.18. The molecule has 1 aromatic heterocycles. The number of aryl methyl sites for hydroxylation is 1. The van der Waals surface area contributed by atoms with Crippen LogP contribution in [0, 0.1) is 5.41 Å². The highest BCUT2D eigenvalue weighted by Crippen LogP contribution is 2.34. The first-order chi connectivity index (χ1) is 7.21. The molecule has 0 amide bonds. The van der Waals surface area contributed by atoms with Gasteiger partial charge in [-0.2, -0.15) is 0 Å². The van der Waals surface area contributed by atoms with E-state index in [2.05, 4.69) is 44.9 Å². The summed E-state index contributed by atoms with van der Waals surface area (Å²) in [6, 6.07) is 0. The summed E-state index contributed by atoms with van der Waals surface area (Å²) in [6.45, 7) is 15.2. The van der Waals surface area contributed by atoms with Crippen LogP contribution in [0.4, 0.5) is 0 Å². The van der Waals surface area contributed by atoms with Gasteiger partial charge in [0.25, 0.3) is 0 Å². The molecule has 0 atom stereocenters. The molecule has 3 nitrogen and oxygen atoms in total. The van der Waals surface area contributed by atoms with Crippen molar-refractivity contribution in [2.75, 3.05) is 0 Å². The molecule has 0 aliphatic carbocycles. The second-order valence-corrected chi connectivity index (χ2v) is 5.90. The van der Waals surface area contributed by atoms with Crippen LogP contribution in [0.3, 0.4) is 0 Å². The average molecular weight is 225 g/mol. The molecule has 0 unspecified atom stereocenters. The molecule has 0 fully saturated rings. The number of nitrogens with zero attached hydrogens (tertiary/aromatic N) is 3. The molecule has 94 valence electrons. The van der Waals surface area contributed by atoms with E-state index in [0.717, 1.165) is 12.1 Å². The molecule has 1 heterocycles. The molecule has 3 heteroatoms. The highest BCUT2D eigenvalue weighted by atomic mass is 15.4. The van der Waals surface area contributed by atoms with Crippen molar-refractivity contribution >= 4 is 0 Å². The highest BCUT2D eigenvalue weighted by molar-refractivity contribution is 5.09. The second-order valence-electron chi connectivity index (χ2n) is 5.90. The van der Waals surface area contributed by atoms with E-state index in [0.29, 0.717) is 5.41 Å². The average Bonchev–Trinajstić information content (AvgIpc) is 2.52. The van der Waals surface area contributed by atoms with Gasteiger partial charge in [0, 0.05) is 18.7 Å². The molecule has 0 bridgehead atoms. The topological polar surface area (TPSA) is 30.7 Å². The zero-order valence-electron chi connectivity index (χ0n) is 12.1. The summed E-state index contributed by atoms with van der Waals surface area (Å²) in [6.07, 6.45) is 3.12. The Morgan fingerprint density at radius 3 is 1.94 bits per heavy atom. The minimum absolute atomic E-state index is 0.104. The van der Waals surface area contributed by atoms with Crippen LogP contribution >= 0.6 is 0 Å². The van der Waals surface area contributed by atoms with Gasteiger partial charge in [-0.05, 0) is 11.8 Å². The van der Waals surface area contributed by atoms with Crippen molar-refractivity contribution < 1.29 is 0 Å². The number of hydrogen-bond acceptors (Lipinski definition) is 2. The molecule has 0 spiro atoms. The largest absolute Gasteiger partial charge is 0.255 e. The Kier molecular flexibility index (Phi) is 5.17. The molecule has 16 heavy (non-hydrogen) atoms. The molecule has 0 aliphatic heterocycles. The van der Waals surface area contributed by atoms with E-state index in [1.54, 1.807) is 4.68 Å². The molecule has 1 aromatic rings. The molecule has 0 aliphatic rings. The van der Waals surface area contributed by atoms with E-state index in [1.807, 2.05) is 27.1 Å². The smallest absolute Gasteiger partial charge is 0.0883 e. The van der Waals surface area contributed by atoms with Gasteiger partial charge in [0.15, 0.2) is 0 Å². The summed E-state index contributed by atoms with van der Waals surface area (Å²) in [5, 5.41) is 8.16. The van der Waals surface area contributed by atoms with Crippen LogP contribution in [0.5, 0.6) is 0 Å². The van der Waals surface area contributed by atoms with Crippen molar-refractivity contribution in [3.63, 3.8) is 0 Å². The van der Waals surface area contributed by atoms with Crippen LogP contribution in [0.1, 0.15) is 60.6 Å². The molecule has 1 rings (SSSR count). The fraction of sp³-hybridized carbons (Fsp3) is 0.846. The third-order valence-electron chi connectivity index (χ3n) is 2.27.